The molecule has 0 saturated carbocycles. The average Bonchev–Trinajstić information content (AvgIpc) is 3.48. The molecule has 162 valence electrons. The van der Waals surface area contributed by atoms with Crippen LogP contribution < -0.4 is 5.32 Å². The lowest BCUT2D eigenvalue weighted by Gasteiger charge is -2.15. The highest BCUT2D eigenvalue weighted by molar-refractivity contribution is 7.19. The molecule has 0 saturated heterocycles. The molecule has 2 aromatic carbocycles. The molecular formula is C21H17FN6O3S. The average molecular weight is 452 g/mol. The van der Waals surface area contributed by atoms with Gasteiger partial charge >= 0.3 is 5.97 Å². The van der Waals surface area contributed by atoms with E-state index in [1.807, 2.05) is 30.3 Å². The number of rotatable bonds is 7. The Hall–Kier alpha value is -3.99. The molecule has 0 unspecified atom stereocenters. The molecule has 0 spiro atoms. The third-order valence-electron chi connectivity index (χ3n) is 4.58. The topological polar surface area (TPSA) is 112 Å². The number of carbonyl (C=O) groups is 2. The molecule has 32 heavy (non-hydrogen) atoms. The molecule has 2 aromatic heterocycles. The Balaban J connectivity index is 1.64. The molecule has 1 amide bonds. The minimum Gasteiger partial charge on any atom is -0.464 e. The van der Waals surface area contributed by atoms with Crippen molar-refractivity contribution < 1.29 is 18.7 Å². The predicted octanol–water partition coefficient (Wildman–Crippen LogP) is 3.14. The van der Waals surface area contributed by atoms with Gasteiger partial charge in [-0.05, 0) is 33.7 Å². The molecule has 4 rings (SSSR count). The molecule has 1 atom stereocenters. The van der Waals surface area contributed by atoms with Crippen LogP contribution in [0, 0.1) is 5.82 Å². The molecule has 2 heterocycles. The van der Waals surface area contributed by atoms with Gasteiger partial charge < -0.3 is 10.1 Å². The Morgan fingerprint density at radius 2 is 2.00 bits per heavy atom. The summed E-state index contributed by atoms with van der Waals surface area (Å²) in [5.41, 5.74) is 1.35. The lowest BCUT2D eigenvalue weighted by molar-refractivity contribution is -0.119. The SMILES string of the molecule is COC(=O)c1nc(NC(=O)[C@H](Cc2ccccc2)n2cnnn2)sc1-c1cccc(F)c1. The Morgan fingerprint density at radius 1 is 1.19 bits per heavy atom. The van der Waals surface area contributed by atoms with E-state index in [0.29, 0.717) is 16.9 Å². The maximum Gasteiger partial charge on any atom is 0.358 e. The van der Waals surface area contributed by atoms with E-state index >= 15 is 0 Å². The summed E-state index contributed by atoms with van der Waals surface area (Å²) in [7, 11) is 1.23. The van der Waals surface area contributed by atoms with Gasteiger partial charge in [-0.15, -0.1) is 5.10 Å². The Kier molecular flexibility index (Phi) is 6.26. The van der Waals surface area contributed by atoms with Crippen molar-refractivity contribution in [3.05, 3.63) is 78.0 Å². The second kappa shape index (κ2) is 9.43. The number of esters is 1. The number of hydrogen-bond acceptors (Lipinski definition) is 8. The van der Waals surface area contributed by atoms with E-state index in [1.54, 1.807) is 6.07 Å². The molecule has 4 aromatic rings. The van der Waals surface area contributed by atoms with E-state index in [4.69, 9.17) is 4.74 Å². The van der Waals surface area contributed by atoms with Crippen LogP contribution in [0.5, 0.6) is 0 Å². The van der Waals surface area contributed by atoms with Crippen molar-refractivity contribution in [3.63, 3.8) is 0 Å². The van der Waals surface area contributed by atoms with Crippen molar-refractivity contribution in [1.29, 1.82) is 0 Å². The van der Waals surface area contributed by atoms with Gasteiger partial charge in [-0.25, -0.2) is 18.9 Å². The van der Waals surface area contributed by atoms with Gasteiger partial charge in [-0.2, -0.15) is 0 Å². The largest absolute Gasteiger partial charge is 0.464 e. The Morgan fingerprint density at radius 3 is 2.69 bits per heavy atom. The van der Waals surface area contributed by atoms with Crippen LogP contribution in [0.4, 0.5) is 9.52 Å². The smallest absolute Gasteiger partial charge is 0.358 e. The number of benzene rings is 2. The van der Waals surface area contributed by atoms with Crippen LogP contribution in [0.2, 0.25) is 0 Å². The fraction of sp³-hybridized carbons (Fsp3) is 0.143. The van der Waals surface area contributed by atoms with Crippen LogP contribution in [0.3, 0.4) is 0 Å². The van der Waals surface area contributed by atoms with Gasteiger partial charge in [0.25, 0.3) is 5.91 Å². The maximum atomic E-state index is 13.7. The number of ether oxygens (including phenoxy) is 1. The second-order valence-electron chi connectivity index (χ2n) is 6.68. The summed E-state index contributed by atoms with van der Waals surface area (Å²) < 4.78 is 19.9. The summed E-state index contributed by atoms with van der Waals surface area (Å²) in [6.07, 6.45) is 1.69. The highest BCUT2D eigenvalue weighted by Crippen LogP contribution is 2.34. The maximum absolute atomic E-state index is 13.7. The van der Waals surface area contributed by atoms with E-state index in [2.05, 4.69) is 25.8 Å². The summed E-state index contributed by atoms with van der Waals surface area (Å²) in [5, 5.41) is 14.0. The third kappa shape index (κ3) is 4.67. The van der Waals surface area contributed by atoms with Crippen molar-refractivity contribution >= 4 is 28.3 Å². The fourth-order valence-electron chi connectivity index (χ4n) is 3.08. The molecule has 0 radical (unpaired) electrons. The number of tetrazole rings is 1. The minimum absolute atomic E-state index is 0.0135. The number of nitrogens with one attached hydrogen (secondary N) is 1. The lowest BCUT2D eigenvalue weighted by Crippen LogP contribution is -2.28. The van der Waals surface area contributed by atoms with Crippen LogP contribution in [0.1, 0.15) is 22.1 Å². The zero-order valence-corrected chi connectivity index (χ0v) is 17.6. The fourth-order valence-corrected chi connectivity index (χ4v) is 4.03. The minimum atomic E-state index is -0.754. The Bertz CT molecular complexity index is 1230. The molecule has 0 aliphatic heterocycles. The van der Waals surface area contributed by atoms with Gasteiger partial charge in [0.05, 0.1) is 12.0 Å². The monoisotopic (exact) mass is 452 g/mol. The summed E-state index contributed by atoms with van der Waals surface area (Å²) in [4.78, 5) is 30.0. The first-order valence-electron chi connectivity index (χ1n) is 9.47. The van der Waals surface area contributed by atoms with Crippen LogP contribution in [0.15, 0.2) is 60.9 Å². The molecule has 0 fully saturated rings. The number of aromatic nitrogens is 5. The first-order chi connectivity index (χ1) is 15.5. The third-order valence-corrected chi connectivity index (χ3v) is 5.60. The molecule has 11 heteroatoms. The van der Waals surface area contributed by atoms with Crippen LogP contribution >= 0.6 is 11.3 Å². The first-order valence-corrected chi connectivity index (χ1v) is 10.3. The van der Waals surface area contributed by atoms with Crippen LogP contribution in [-0.4, -0.2) is 44.2 Å². The zero-order chi connectivity index (χ0) is 22.5. The normalized spacial score (nSPS) is 11.7. The molecule has 0 aliphatic carbocycles. The molecule has 0 aliphatic rings. The Labute approximate surface area is 185 Å². The van der Waals surface area contributed by atoms with Gasteiger partial charge in [0.2, 0.25) is 0 Å². The van der Waals surface area contributed by atoms with Crippen LogP contribution in [0.25, 0.3) is 10.4 Å². The molecule has 1 N–H and O–H groups in total. The summed E-state index contributed by atoms with van der Waals surface area (Å²) in [6.45, 7) is 0. The van der Waals surface area contributed by atoms with Crippen molar-refractivity contribution in [3.8, 4) is 10.4 Å². The quantitative estimate of drug-likeness (QED) is 0.429. The first kappa shape index (κ1) is 21.2. The van der Waals surface area contributed by atoms with Gasteiger partial charge in [0.1, 0.15) is 18.2 Å². The van der Waals surface area contributed by atoms with Crippen molar-refractivity contribution in [2.75, 3.05) is 12.4 Å². The van der Waals surface area contributed by atoms with Gasteiger partial charge in [0, 0.05) is 6.42 Å². The standard InChI is InChI=1S/C21H17FN6O3S/c1-31-20(30)17-18(14-8-5-9-15(22)11-14)32-21(24-17)25-19(29)16(28-12-23-26-27-28)10-13-6-3-2-4-7-13/h2-9,11-12,16H,10H2,1H3,(H,24,25,29)/t16-/m0/s1. The van der Waals surface area contributed by atoms with Gasteiger partial charge in [0.15, 0.2) is 10.8 Å². The molecular weight excluding hydrogens is 435 g/mol. The molecule has 0 bridgehead atoms. The van der Waals surface area contributed by atoms with Gasteiger partial charge in [-0.3, -0.25) is 4.79 Å². The number of hydrogen-bond donors (Lipinski definition) is 1. The number of halogens is 1. The highest BCUT2D eigenvalue weighted by atomic mass is 32.1. The summed E-state index contributed by atoms with van der Waals surface area (Å²) in [5.74, 6) is -1.57. The van der Waals surface area contributed by atoms with Crippen molar-refractivity contribution in [2.45, 2.75) is 12.5 Å². The van der Waals surface area contributed by atoms with E-state index in [9.17, 15) is 14.0 Å². The number of methoxy groups -OCH3 is 1. The van der Waals surface area contributed by atoms with E-state index in [-0.39, 0.29) is 10.8 Å². The van der Waals surface area contributed by atoms with E-state index in [0.717, 1.165) is 16.9 Å². The number of amides is 1. The highest BCUT2D eigenvalue weighted by Gasteiger charge is 2.26. The predicted molar refractivity (Wildman–Crippen MR) is 114 cm³/mol. The van der Waals surface area contributed by atoms with Crippen molar-refractivity contribution in [2.24, 2.45) is 0 Å². The van der Waals surface area contributed by atoms with Gasteiger partial charge in [-0.1, -0.05) is 53.8 Å². The van der Waals surface area contributed by atoms with E-state index in [1.165, 1.54) is 36.3 Å². The zero-order valence-electron chi connectivity index (χ0n) is 16.8. The lowest BCUT2D eigenvalue weighted by atomic mass is 10.1. The summed E-state index contributed by atoms with van der Waals surface area (Å²) >= 11 is 1.04. The van der Waals surface area contributed by atoms with Crippen molar-refractivity contribution in [1.82, 2.24) is 25.2 Å². The van der Waals surface area contributed by atoms with Crippen LogP contribution in [-0.2, 0) is 16.0 Å². The second-order valence-corrected chi connectivity index (χ2v) is 7.68. The van der Waals surface area contributed by atoms with E-state index < -0.39 is 23.7 Å². The molecule has 9 nitrogen and oxygen atoms in total. The number of thiazole rings is 1. The number of carbonyl (C=O) groups excluding carboxylic acids is 2. The number of anilines is 1. The summed E-state index contributed by atoms with van der Waals surface area (Å²) in [6, 6.07) is 14.4. The number of nitrogens with zero attached hydrogens (tertiary/aromatic N) is 5.